The Bertz CT molecular complexity index is 1030. The van der Waals surface area contributed by atoms with Crippen LogP contribution in [0.4, 0.5) is 0 Å². The van der Waals surface area contributed by atoms with Crippen LogP contribution < -0.4 is 9.47 Å². The number of aromatic nitrogens is 4. The first-order chi connectivity index (χ1) is 13.2. The molecule has 0 spiro atoms. The lowest BCUT2D eigenvalue weighted by Crippen LogP contribution is -2.31. The molecule has 0 N–H and O–H groups in total. The quantitative estimate of drug-likeness (QED) is 0.692. The fourth-order valence-corrected chi connectivity index (χ4v) is 3.75. The predicted molar refractivity (Wildman–Crippen MR) is 96.0 cm³/mol. The van der Waals surface area contributed by atoms with E-state index < -0.39 is 0 Å². The summed E-state index contributed by atoms with van der Waals surface area (Å²) in [5.41, 5.74) is 1.93. The fraction of sp³-hybridized carbons (Fsp3) is 0.368. The first-order valence-corrected chi connectivity index (χ1v) is 9.09. The van der Waals surface area contributed by atoms with Crippen LogP contribution in [-0.4, -0.2) is 50.1 Å². The molecule has 27 heavy (non-hydrogen) atoms. The van der Waals surface area contributed by atoms with Gasteiger partial charge in [0.15, 0.2) is 11.5 Å². The molecule has 1 saturated heterocycles. The van der Waals surface area contributed by atoms with Gasteiger partial charge in [-0.1, -0.05) is 6.07 Å². The molecule has 4 heterocycles. The molecule has 138 valence electrons. The molecular formula is C19H19N5O3. The Morgan fingerprint density at radius 1 is 1.19 bits per heavy atom. The number of nitrogens with zero attached hydrogens (tertiary/aromatic N) is 5. The summed E-state index contributed by atoms with van der Waals surface area (Å²) in [6.45, 7) is 3.69. The number of aryl methyl sites for hydroxylation is 1. The minimum absolute atomic E-state index is 0.0194. The number of fused-ring (bicyclic) bond motifs is 2. The molecule has 0 bridgehead atoms. The monoisotopic (exact) mass is 365 g/mol. The van der Waals surface area contributed by atoms with Crippen molar-refractivity contribution >= 4 is 11.7 Å². The van der Waals surface area contributed by atoms with Crippen molar-refractivity contribution in [3.05, 3.63) is 47.5 Å². The molecule has 3 aromatic rings. The SMILES string of the molecule is Cc1ccnc2nc(C(=O)N3CCC[C@@H]3c3ccc4c(c3)OCCO4)nn12. The van der Waals surface area contributed by atoms with E-state index in [0.717, 1.165) is 35.6 Å². The van der Waals surface area contributed by atoms with Gasteiger partial charge < -0.3 is 14.4 Å². The van der Waals surface area contributed by atoms with Gasteiger partial charge in [0.2, 0.25) is 5.82 Å². The minimum atomic E-state index is -0.169. The number of ether oxygens (including phenoxy) is 2. The van der Waals surface area contributed by atoms with Gasteiger partial charge >= 0.3 is 0 Å². The zero-order valence-electron chi connectivity index (χ0n) is 15.0. The summed E-state index contributed by atoms with van der Waals surface area (Å²) in [4.78, 5) is 23.5. The van der Waals surface area contributed by atoms with Crippen LogP contribution in [0.25, 0.3) is 5.78 Å². The lowest BCUT2D eigenvalue weighted by molar-refractivity contribution is 0.0723. The van der Waals surface area contributed by atoms with Crippen LogP contribution in [-0.2, 0) is 0 Å². The van der Waals surface area contributed by atoms with E-state index in [2.05, 4.69) is 15.1 Å². The first kappa shape index (κ1) is 16.0. The molecule has 8 nitrogen and oxygen atoms in total. The van der Waals surface area contributed by atoms with Gasteiger partial charge in [-0.3, -0.25) is 4.79 Å². The minimum Gasteiger partial charge on any atom is -0.486 e. The second kappa shape index (κ2) is 6.22. The lowest BCUT2D eigenvalue weighted by Gasteiger charge is -2.25. The zero-order valence-corrected chi connectivity index (χ0v) is 15.0. The Kier molecular flexibility index (Phi) is 3.70. The third-order valence-electron chi connectivity index (χ3n) is 5.09. The summed E-state index contributed by atoms with van der Waals surface area (Å²) >= 11 is 0. The van der Waals surface area contributed by atoms with Gasteiger partial charge in [-0.2, -0.15) is 4.98 Å². The normalized spacial score (nSPS) is 18.9. The average Bonchev–Trinajstić information content (AvgIpc) is 3.35. The van der Waals surface area contributed by atoms with Crippen molar-refractivity contribution in [3.63, 3.8) is 0 Å². The van der Waals surface area contributed by atoms with Crippen molar-refractivity contribution in [1.29, 1.82) is 0 Å². The molecule has 5 rings (SSSR count). The van der Waals surface area contributed by atoms with E-state index in [9.17, 15) is 4.79 Å². The summed E-state index contributed by atoms with van der Waals surface area (Å²) in [5.74, 6) is 1.94. The number of hydrogen-bond donors (Lipinski definition) is 0. The summed E-state index contributed by atoms with van der Waals surface area (Å²) in [6, 6.07) is 7.72. The van der Waals surface area contributed by atoms with Crippen LogP contribution in [0.5, 0.6) is 11.5 Å². The second-order valence-corrected chi connectivity index (χ2v) is 6.79. The molecular weight excluding hydrogens is 346 g/mol. The van der Waals surface area contributed by atoms with Crippen molar-refractivity contribution in [2.24, 2.45) is 0 Å². The molecule has 2 aliphatic heterocycles. The number of benzene rings is 1. The summed E-state index contributed by atoms with van der Waals surface area (Å²) in [6.07, 6.45) is 3.51. The van der Waals surface area contributed by atoms with E-state index in [0.29, 0.717) is 25.5 Å². The van der Waals surface area contributed by atoms with Gasteiger partial charge in [0.1, 0.15) is 13.2 Å². The van der Waals surface area contributed by atoms with Crippen molar-refractivity contribution < 1.29 is 14.3 Å². The molecule has 1 amide bonds. The largest absolute Gasteiger partial charge is 0.486 e. The summed E-state index contributed by atoms with van der Waals surface area (Å²) < 4.78 is 12.9. The Hall–Kier alpha value is -3.16. The fourth-order valence-electron chi connectivity index (χ4n) is 3.75. The Morgan fingerprint density at radius 3 is 2.89 bits per heavy atom. The van der Waals surface area contributed by atoms with Crippen LogP contribution >= 0.6 is 0 Å². The van der Waals surface area contributed by atoms with Gasteiger partial charge in [-0.25, -0.2) is 9.50 Å². The number of carbonyl (C=O) groups is 1. The van der Waals surface area contributed by atoms with E-state index >= 15 is 0 Å². The maximum atomic E-state index is 13.1. The molecule has 2 aliphatic rings. The van der Waals surface area contributed by atoms with Crippen LogP contribution in [0.1, 0.15) is 40.8 Å². The van der Waals surface area contributed by atoms with Crippen molar-refractivity contribution in [1.82, 2.24) is 24.5 Å². The highest BCUT2D eigenvalue weighted by atomic mass is 16.6. The third kappa shape index (κ3) is 2.68. The highest BCUT2D eigenvalue weighted by Gasteiger charge is 2.33. The highest BCUT2D eigenvalue weighted by Crippen LogP contribution is 2.38. The van der Waals surface area contributed by atoms with Crippen LogP contribution in [0.2, 0.25) is 0 Å². The van der Waals surface area contributed by atoms with Gasteiger partial charge in [-0.15, -0.1) is 5.10 Å². The van der Waals surface area contributed by atoms with E-state index in [-0.39, 0.29) is 17.8 Å². The Balaban J connectivity index is 1.46. The maximum absolute atomic E-state index is 13.1. The van der Waals surface area contributed by atoms with Crippen LogP contribution in [0, 0.1) is 6.92 Å². The molecule has 1 aromatic carbocycles. The van der Waals surface area contributed by atoms with Crippen molar-refractivity contribution in [2.45, 2.75) is 25.8 Å². The number of rotatable bonds is 2. The first-order valence-electron chi connectivity index (χ1n) is 9.09. The molecule has 8 heteroatoms. The van der Waals surface area contributed by atoms with Gasteiger partial charge in [0, 0.05) is 18.4 Å². The molecule has 1 fully saturated rings. The Morgan fingerprint density at radius 2 is 2.04 bits per heavy atom. The zero-order chi connectivity index (χ0) is 18.4. The molecule has 0 saturated carbocycles. The third-order valence-corrected chi connectivity index (χ3v) is 5.09. The van der Waals surface area contributed by atoms with Crippen LogP contribution in [0.15, 0.2) is 30.5 Å². The number of likely N-dealkylation sites (tertiary alicyclic amines) is 1. The molecule has 0 aliphatic carbocycles. The van der Waals surface area contributed by atoms with Gasteiger partial charge in [-0.05, 0) is 43.5 Å². The molecule has 0 radical (unpaired) electrons. The average molecular weight is 365 g/mol. The lowest BCUT2D eigenvalue weighted by atomic mass is 10.0. The number of hydrogen-bond acceptors (Lipinski definition) is 6. The van der Waals surface area contributed by atoms with Crippen molar-refractivity contribution in [2.75, 3.05) is 19.8 Å². The second-order valence-electron chi connectivity index (χ2n) is 6.79. The maximum Gasteiger partial charge on any atom is 0.294 e. The topological polar surface area (TPSA) is 81.9 Å². The summed E-state index contributed by atoms with van der Waals surface area (Å²) in [5, 5.41) is 4.36. The number of carbonyl (C=O) groups excluding carboxylic acids is 1. The van der Waals surface area contributed by atoms with E-state index in [1.54, 1.807) is 10.7 Å². The van der Waals surface area contributed by atoms with E-state index in [4.69, 9.17) is 9.47 Å². The van der Waals surface area contributed by atoms with Crippen molar-refractivity contribution in [3.8, 4) is 11.5 Å². The molecule has 2 aromatic heterocycles. The summed E-state index contributed by atoms with van der Waals surface area (Å²) in [7, 11) is 0. The number of amides is 1. The molecule has 0 unspecified atom stereocenters. The molecule has 1 atom stereocenters. The highest BCUT2D eigenvalue weighted by molar-refractivity contribution is 5.91. The Labute approximate surface area is 155 Å². The van der Waals surface area contributed by atoms with Gasteiger partial charge in [0.05, 0.1) is 6.04 Å². The van der Waals surface area contributed by atoms with Gasteiger partial charge in [0.25, 0.3) is 11.7 Å². The van der Waals surface area contributed by atoms with Crippen LogP contribution in [0.3, 0.4) is 0 Å². The van der Waals surface area contributed by atoms with E-state index in [1.165, 1.54) is 0 Å². The predicted octanol–water partition coefficient (Wildman–Crippen LogP) is 2.18. The standard InChI is InChI=1S/C19H19N5O3/c1-12-6-7-20-19-21-17(22-24(12)19)18(25)23-8-2-3-14(23)13-4-5-15-16(11-13)27-10-9-26-15/h4-7,11,14H,2-3,8-10H2,1H3/t14-/m1/s1. The van der Waals surface area contributed by atoms with E-state index in [1.807, 2.05) is 36.1 Å². The smallest absolute Gasteiger partial charge is 0.294 e.